The minimum Gasteiger partial charge on any atom is -0.422 e. The quantitative estimate of drug-likeness (QED) is 0.537. The molecular formula is C10H6N4O3. The number of aromatic amines is 1. The van der Waals surface area contributed by atoms with E-state index in [9.17, 15) is 10.1 Å². The van der Waals surface area contributed by atoms with Crippen molar-refractivity contribution < 1.29 is 9.34 Å². The Hall–Kier alpha value is -2.70. The first kappa shape index (κ1) is 9.52. The van der Waals surface area contributed by atoms with Gasteiger partial charge in [0.2, 0.25) is 6.39 Å². The van der Waals surface area contributed by atoms with Crippen molar-refractivity contribution in [1.82, 2.24) is 15.2 Å². The van der Waals surface area contributed by atoms with Crippen LogP contribution in [0.2, 0.25) is 0 Å². The molecule has 17 heavy (non-hydrogen) atoms. The minimum atomic E-state index is -0.423. The van der Waals surface area contributed by atoms with Gasteiger partial charge in [0.25, 0.3) is 11.6 Å². The summed E-state index contributed by atoms with van der Waals surface area (Å²) < 4.78 is 5.03. The molecule has 0 aliphatic carbocycles. The highest BCUT2D eigenvalue weighted by molar-refractivity contribution is 5.92. The lowest BCUT2D eigenvalue weighted by Crippen LogP contribution is -1.87. The Kier molecular flexibility index (Phi) is 1.91. The monoisotopic (exact) mass is 230 g/mol. The van der Waals surface area contributed by atoms with E-state index in [0.717, 1.165) is 0 Å². The van der Waals surface area contributed by atoms with E-state index >= 15 is 0 Å². The molecule has 0 saturated carbocycles. The number of nitro groups is 1. The number of nitrogens with one attached hydrogen (secondary N) is 1. The van der Waals surface area contributed by atoms with Crippen LogP contribution in [-0.2, 0) is 0 Å². The maximum Gasteiger partial charge on any atom is 0.278 e. The Morgan fingerprint density at radius 3 is 3.00 bits per heavy atom. The van der Waals surface area contributed by atoms with E-state index < -0.39 is 4.92 Å². The third-order valence-electron chi connectivity index (χ3n) is 2.43. The van der Waals surface area contributed by atoms with E-state index in [1.807, 2.05) is 0 Å². The molecule has 2 heterocycles. The second kappa shape index (κ2) is 3.41. The molecule has 2 aromatic heterocycles. The number of rotatable bonds is 2. The zero-order valence-electron chi connectivity index (χ0n) is 8.45. The molecule has 7 heteroatoms. The predicted octanol–water partition coefficient (Wildman–Crippen LogP) is 2.13. The summed E-state index contributed by atoms with van der Waals surface area (Å²) in [5.74, 6) is 0.301. The average molecular weight is 230 g/mol. The average Bonchev–Trinajstić information content (AvgIpc) is 2.96. The Morgan fingerprint density at radius 1 is 1.41 bits per heavy atom. The molecule has 3 rings (SSSR count). The smallest absolute Gasteiger partial charge is 0.278 e. The first-order valence-corrected chi connectivity index (χ1v) is 4.78. The number of nitrogens with zero attached hydrogens (tertiary/aromatic N) is 3. The summed E-state index contributed by atoms with van der Waals surface area (Å²) in [6.07, 6.45) is 1.20. The van der Waals surface area contributed by atoms with Crippen LogP contribution >= 0.6 is 0 Å². The van der Waals surface area contributed by atoms with Crippen LogP contribution in [0.5, 0.6) is 0 Å². The fourth-order valence-electron chi connectivity index (χ4n) is 1.70. The van der Waals surface area contributed by atoms with Crippen molar-refractivity contribution in [3.05, 3.63) is 40.8 Å². The van der Waals surface area contributed by atoms with Gasteiger partial charge in [0, 0.05) is 6.07 Å². The molecule has 0 radical (unpaired) electrons. The normalized spacial score (nSPS) is 10.8. The zero-order chi connectivity index (χ0) is 11.8. The van der Waals surface area contributed by atoms with Crippen molar-refractivity contribution in [2.45, 2.75) is 0 Å². The molecule has 0 atom stereocenters. The van der Waals surface area contributed by atoms with Crippen LogP contribution in [0, 0.1) is 10.1 Å². The van der Waals surface area contributed by atoms with Crippen LogP contribution in [0.15, 0.2) is 35.1 Å². The van der Waals surface area contributed by atoms with Gasteiger partial charge >= 0.3 is 0 Å². The first-order valence-electron chi connectivity index (χ1n) is 4.78. The summed E-state index contributed by atoms with van der Waals surface area (Å²) in [5, 5.41) is 18.7. The summed E-state index contributed by atoms with van der Waals surface area (Å²) in [7, 11) is 0. The fourth-order valence-corrected chi connectivity index (χ4v) is 1.70. The van der Waals surface area contributed by atoms with Gasteiger partial charge in [-0.2, -0.15) is 0 Å². The number of non-ortho nitro benzene ring substituents is 1. The van der Waals surface area contributed by atoms with Crippen LogP contribution in [-0.4, -0.2) is 20.1 Å². The molecular weight excluding hydrogens is 224 g/mol. The molecule has 0 saturated heterocycles. The van der Waals surface area contributed by atoms with E-state index in [2.05, 4.69) is 15.2 Å². The molecule has 0 bridgehead atoms. The van der Waals surface area contributed by atoms with Crippen molar-refractivity contribution in [2.24, 2.45) is 0 Å². The van der Waals surface area contributed by atoms with Crippen molar-refractivity contribution in [3.8, 4) is 11.6 Å². The van der Waals surface area contributed by atoms with Gasteiger partial charge < -0.3 is 9.40 Å². The Bertz CT molecular complexity index is 687. The molecule has 7 nitrogen and oxygen atoms in total. The molecule has 0 amide bonds. The van der Waals surface area contributed by atoms with E-state index in [-0.39, 0.29) is 5.69 Å². The third-order valence-corrected chi connectivity index (χ3v) is 2.43. The van der Waals surface area contributed by atoms with Gasteiger partial charge in [-0.3, -0.25) is 10.1 Å². The number of H-pyrrole nitrogens is 1. The van der Waals surface area contributed by atoms with Gasteiger partial charge in [-0.15, -0.1) is 10.2 Å². The molecule has 0 aliphatic heterocycles. The summed E-state index contributed by atoms with van der Waals surface area (Å²) in [4.78, 5) is 13.4. The van der Waals surface area contributed by atoms with Crippen LogP contribution < -0.4 is 0 Å². The number of benzene rings is 1. The standard InChI is InChI=1S/C10H6N4O3/c15-14(16)9-3-1-2-7-6(9)4-8(12-7)10-13-11-5-17-10/h1-5,12H. The van der Waals surface area contributed by atoms with E-state index in [1.165, 1.54) is 12.5 Å². The fraction of sp³-hybridized carbons (Fsp3) is 0. The van der Waals surface area contributed by atoms with Crippen LogP contribution in [0.4, 0.5) is 5.69 Å². The number of nitro benzene ring substituents is 1. The Morgan fingerprint density at radius 2 is 2.29 bits per heavy atom. The van der Waals surface area contributed by atoms with Gasteiger partial charge in [0.05, 0.1) is 15.8 Å². The van der Waals surface area contributed by atoms with Crippen molar-refractivity contribution in [1.29, 1.82) is 0 Å². The predicted molar refractivity (Wildman–Crippen MR) is 58.2 cm³/mol. The maximum absolute atomic E-state index is 10.9. The highest BCUT2D eigenvalue weighted by atomic mass is 16.6. The molecule has 0 unspecified atom stereocenters. The second-order valence-corrected chi connectivity index (χ2v) is 3.42. The van der Waals surface area contributed by atoms with Crippen LogP contribution in [0.25, 0.3) is 22.5 Å². The number of hydrogen-bond donors (Lipinski definition) is 1. The molecule has 0 aliphatic rings. The topological polar surface area (TPSA) is 97.8 Å². The van der Waals surface area contributed by atoms with Crippen molar-refractivity contribution >= 4 is 16.6 Å². The highest BCUT2D eigenvalue weighted by Gasteiger charge is 2.15. The third kappa shape index (κ3) is 1.44. The molecule has 3 aromatic rings. The maximum atomic E-state index is 10.9. The van der Waals surface area contributed by atoms with Gasteiger partial charge in [-0.1, -0.05) is 6.07 Å². The summed E-state index contributed by atoms with van der Waals surface area (Å²) in [6.45, 7) is 0. The van der Waals surface area contributed by atoms with E-state index in [4.69, 9.17) is 4.42 Å². The van der Waals surface area contributed by atoms with E-state index in [0.29, 0.717) is 22.5 Å². The number of fused-ring (bicyclic) bond motifs is 1. The Labute approximate surface area is 94.2 Å². The largest absolute Gasteiger partial charge is 0.422 e. The summed E-state index contributed by atoms with van der Waals surface area (Å²) >= 11 is 0. The van der Waals surface area contributed by atoms with E-state index in [1.54, 1.807) is 18.2 Å². The Balaban J connectivity index is 2.26. The summed E-state index contributed by atoms with van der Waals surface area (Å²) in [6, 6.07) is 6.45. The first-order chi connectivity index (χ1) is 8.25. The lowest BCUT2D eigenvalue weighted by atomic mass is 10.2. The van der Waals surface area contributed by atoms with Crippen LogP contribution in [0.1, 0.15) is 0 Å². The van der Waals surface area contributed by atoms with Crippen LogP contribution in [0.3, 0.4) is 0 Å². The lowest BCUT2D eigenvalue weighted by molar-refractivity contribution is -0.383. The van der Waals surface area contributed by atoms with Gasteiger partial charge in [-0.25, -0.2) is 0 Å². The molecule has 0 fully saturated rings. The van der Waals surface area contributed by atoms with Crippen molar-refractivity contribution in [3.63, 3.8) is 0 Å². The second-order valence-electron chi connectivity index (χ2n) is 3.42. The number of aromatic nitrogens is 3. The molecule has 1 aromatic carbocycles. The lowest BCUT2D eigenvalue weighted by Gasteiger charge is -1.91. The minimum absolute atomic E-state index is 0.0458. The summed E-state index contributed by atoms with van der Waals surface area (Å²) in [5.41, 5.74) is 1.27. The van der Waals surface area contributed by atoms with Gasteiger partial charge in [-0.05, 0) is 12.1 Å². The highest BCUT2D eigenvalue weighted by Crippen LogP contribution is 2.29. The van der Waals surface area contributed by atoms with Gasteiger partial charge in [0.1, 0.15) is 5.69 Å². The SMILES string of the molecule is O=[N+]([O-])c1cccc2[nH]c(-c3nnco3)cc12. The zero-order valence-corrected chi connectivity index (χ0v) is 8.45. The molecule has 1 N–H and O–H groups in total. The van der Waals surface area contributed by atoms with Gasteiger partial charge in [0.15, 0.2) is 0 Å². The molecule has 84 valence electrons. The van der Waals surface area contributed by atoms with Crippen molar-refractivity contribution in [2.75, 3.05) is 0 Å². The molecule has 0 spiro atoms. The number of hydrogen-bond acceptors (Lipinski definition) is 5.